The smallest absolute Gasteiger partial charge is 0.241 e. The fraction of sp³-hybridized carbons (Fsp3) is 0.200. The van der Waals surface area contributed by atoms with Crippen molar-refractivity contribution < 1.29 is 22.4 Å². The second-order valence-corrected chi connectivity index (χ2v) is 9.95. The van der Waals surface area contributed by atoms with Crippen molar-refractivity contribution in [3.05, 3.63) is 65.4 Å². The third-order valence-electron chi connectivity index (χ3n) is 4.72. The third kappa shape index (κ3) is 4.78. The van der Waals surface area contributed by atoms with Crippen LogP contribution in [0.3, 0.4) is 0 Å². The Bertz CT molecular complexity index is 1210. The molecule has 4 rings (SSSR count). The lowest BCUT2D eigenvalue weighted by atomic mass is 10.1. The van der Waals surface area contributed by atoms with Gasteiger partial charge in [-0.3, -0.25) is 14.9 Å². The van der Waals surface area contributed by atoms with Crippen molar-refractivity contribution in [3.8, 4) is 0 Å². The van der Waals surface area contributed by atoms with E-state index in [0.717, 1.165) is 11.3 Å². The number of carbonyl (C=O) groups is 2. The van der Waals surface area contributed by atoms with Gasteiger partial charge in [-0.15, -0.1) is 10.2 Å². The molecule has 8 nitrogen and oxygen atoms in total. The molecule has 1 unspecified atom stereocenters. The quantitative estimate of drug-likeness (QED) is 0.606. The van der Waals surface area contributed by atoms with Crippen LogP contribution in [0.15, 0.2) is 59.5 Å². The van der Waals surface area contributed by atoms with Gasteiger partial charge >= 0.3 is 0 Å². The summed E-state index contributed by atoms with van der Waals surface area (Å²) in [6.07, 6.45) is 0.211. The molecule has 2 aromatic carbocycles. The first kappa shape index (κ1) is 21.1. The van der Waals surface area contributed by atoms with Crippen molar-refractivity contribution in [2.45, 2.75) is 17.2 Å². The van der Waals surface area contributed by atoms with Gasteiger partial charge < -0.3 is 4.90 Å². The Morgan fingerprint density at radius 3 is 2.55 bits per heavy atom. The Labute approximate surface area is 181 Å². The van der Waals surface area contributed by atoms with Crippen LogP contribution in [0.25, 0.3) is 0 Å². The van der Waals surface area contributed by atoms with E-state index in [4.69, 9.17) is 0 Å². The van der Waals surface area contributed by atoms with Gasteiger partial charge in [-0.2, -0.15) is 0 Å². The van der Waals surface area contributed by atoms with E-state index in [0.29, 0.717) is 17.2 Å². The van der Waals surface area contributed by atoms with Crippen molar-refractivity contribution in [2.24, 2.45) is 0 Å². The fourth-order valence-corrected chi connectivity index (χ4v) is 5.24. The molecule has 3 aromatic rings. The number of hydrogen-bond donors (Lipinski definition) is 1. The maximum absolute atomic E-state index is 13.1. The monoisotopic (exact) mass is 460 g/mol. The Balaban J connectivity index is 1.40. The Morgan fingerprint density at radius 2 is 1.84 bits per heavy atom. The van der Waals surface area contributed by atoms with Crippen molar-refractivity contribution in [2.75, 3.05) is 22.5 Å². The van der Waals surface area contributed by atoms with Crippen molar-refractivity contribution in [3.63, 3.8) is 0 Å². The molecule has 31 heavy (non-hydrogen) atoms. The van der Waals surface area contributed by atoms with Crippen molar-refractivity contribution in [1.29, 1.82) is 0 Å². The number of rotatable bonds is 6. The molecule has 0 spiro atoms. The predicted molar refractivity (Wildman–Crippen MR) is 113 cm³/mol. The maximum Gasteiger partial charge on any atom is 0.241 e. The summed E-state index contributed by atoms with van der Waals surface area (Å²) in [5.74, 6) is -2.17. The number of aromatic nitrogens is 2. The number of nitrogens with zero attached hydrogens (tertiary/aromatic N) is 3. The molecule has 1 aromatic heterocycles. The van der Waals surface area contributed by atoms with Gasteiger partial charge in [0.05, 0.1) is 4.90 Å². The molecule has 160 valence electrons. The van der Waals surface area contributed by atoms with E-state index < -0.39 is 21.5 Å². The summed E-state index contributed by atoms with van der Waals surface area (Å²) in [6.45, 7) is 0.357. The average molecular weight is 461 g/mol. The lowest BCUT2D eigenvalue weighted by molar-refractivity contribution is -0.117. The first-order valence-corrected chi connectivity index (χ1v) is 11.8. The molecule has 0 aliphatic carbocycles. The molecule has 2 heterocycles. The van der Waals surface area contributed by atoms with Crippen LogP contribution < -0.4 is 10.2 Å². The number of nitrogens with one attached hydrogen (secondary N) is 1. The molecule has 1 aliphatic heterocycles. The first-order chi connectivity index (χ1) is 14.8. The molecule has 1 N–H and O–H groups in total. The molecule has 1 fully saturated rings. The molecule has 2 amide bonds. The molecule has 1 aliphatic rings. The summed E-state index contributed by atoms with van der Waals surface area (Å²) in [6, 6.07) is 13.4. The molecule has 1 atom stereocenters. The predicted octanol–water partition coefficient (Wildman–Crippen LogP) is 2.61. The van der Waals surface area contributed by atoms with Crippen LogP contribution in [-0.4, -0.2) is 42.7 Å². The summed E-state index contributed by atoms with van der Waals surface area (Å²) < 4.78 is 37.8. The normalized spacial score (nSPS) is 16.5. The van der Waals surface area contributed by atoms with Gasteiger partial charge in [-0.25, -0.2) is 12.8 Å². The van der Waals surface area contributed by atoms with Crippen LogP contribution in [0.5, 0.6) is 0 Å². The molecular formula is C20H17FN4O4S2. The van der Waals surface area contributed by atoms with Gasteiger partial charge in [0.25, 0.3) is 0 Å². The van der Waals surface area contributed by atoms with Crippen LogP contribution in [0.1, 0.15) is 17.3 Å². The van der Waals surface area contributed by atoms with Crippen molar-refractivity contribution >= 4 is 43.8 Å². The minimum absolute atomic E-state index is 0.0634. The Kier molecular flexibility index (Phi) is 5.79. The highest BCUT2D eigenvalue weighted by Gasteiger charge is 2.34. The number of carbonyl (C=O) groups excluding carboxylic acids is 2. The van der Waals surface area contributed by atoms with E-state index in [2.05, 4.69) is 15.5 Å². The van der Waals surface area contributed by atoms with Crippen LogP contribution in [0, 0.1) is 5.82 Å². The number of anilines is 2. The maximum atomic E-state index is 13.1. The van der Waals surface area contributed by atoms with Gasteiger partial charge in [0.1, 0.15) is 16.6 Å². The Hall–Kier alpha value is -3.18. The second-order valence-electron chi connectivity index (χ2n) is 6.95. The highest BCUT2D eigenvalue weighted by Crippen LogP contribution is 2.34. The minimum Gasteiger partial charge on any atom is -0.312 e. The molecule has 0 radical (unpaired) electrons. The van der Waals surface area contributed by atoms with Crippen molar-refractivity contribution in [1.82, 2.24) is 10.2 Å². The average Bonchev–Trinajstić information content (AvgIpc) is 3.35. The second kappa shape index (κ2) is 8.52. The van der Waals surface area contributed by atoms with E-state index in [1.165, 1.54) is 36.4 Å². The number of hydrogen-bond acceptors (Lipinski definition) is 7. The molecule has 0 saturated carbocycles. The van der Waals surface area contributed by atoms with Gasteiger partial charge in [-0.05, 0) is 36.4 Å². The van der Waals surface area contributed by atoms with Gasteiger partial charge in [0, 0.05) is 24.6 Å². The van der Waals surface area contributed by atoms with Crippen LogP contribution in [0.4, 0.5) is 15.2 Å². The van der Waals surface area contributed by atoms with Gasteiger partial charge in [-0.1, -0.05) is 29.5 Å². The SMILES string of the molecule is O=C(CS(=O)(=O)c1ccccc1)Nc1nnc(C2CC(=O)N(c3ccc(F)cc3)C2)s1. The molecule has 11 heteroatoms. The lowest BCUT2D eigenvalue weighted by Crippen LogP contribution is -2.24. The number of amides is 2. The third-order valence-corrected chi connectivity index (χ3v) is 7.36. The summed E-state index contributed by atoms with van der Waals surface area (Å²) in [7, 11) is -3.77. The molecular weight excluding hydrogens is 443 g/mol. The topological polar surface area (TPSA) is 109 Å². The highest BCUT2D eigenvalue weighted by atomic mass is 32.2. The number of benzene rings is 2. The van der Waals surface area contributed by atoms with Crippen LogP contribution in [0.2, 0.25) is 0 Å². The van der Waals surface area contributed by atoms with E-state index in [9.17, 15) is 22.4 Å². The number of halogens is 1. The van der Waals surface area contributed by atoms with E-state index in [1.54, 1.807) is 23.1 Å². The zero-order valence-electron chi connectivity index (χ0n) is 16.1. The Morgan fingerprint density at radius 1 is 1.13 bits per heavy atom. The zero-order chi connectivity index (χ0) is 22.0. The number of sulfone groups is 1. The van der Waals surface area contributed by atoms with E-state index >= 15 is 0 Å². The van der Waals surface area contributed by atoms with Gasteiger partial charge in [0.15, 0.2) is 9.84 Å². The lowest BCUT2D eigenvalue weighted by Gasteiger charge is -2.16. The highest BCUT2D eigenvalue weighted by molar-refractivity contribution is 7.92. The minimum atomic E-state index is -3.77. The molecule has 0 bridgehead atoms. The van der Waals surface area contributed by atoms with Gasteiger partial charge in [0.2, 0.25) is 16.9 Å². The first-order valence-electron chi connectivity index (χ1n) is 9.29. The molecule has 1 saturated heterocycles. The standard InChI is InChI=1S/C20H17FN4O4S2/c21-14-6-8-15(9-7-14)25-11-13(10-18(25)27)19-23-24-20(30-19)22-17(26)12-31(28,29)16-4-2-1-3-5-16/h1-9,13H,10-12H2,(H,22,24,26). The zero-order valence-corrected chi connectivity index (χ0v) is 17.7. The largest absolute Gasteiger partial charge is 0.312 e. The summed E-state index contributed by atoms with van der Waals surface area (Å²) in [5, 5.41) is 11.1. The fourth-order valence-electron chi connectivity index (χ4n) is 3.23. The summed E-state index contributed by atoms with van der Waals surface area (Å²) in [4.78, 5) is 26.2. The van der Waals surface area contributed by atoms with Crippen LogP contribution in [-0.2, 0) is 19.4 Å². The van der Waals surface area contributed by atoms with E-state index in [1.807, 2.05) is 0 Å². The summed E-state index contributed by atoms with van der Waals surface area (Å²) in [5.41, 5.74) is 0.595. The van der Waals surface area contributed by atoms with E-state index in [-0.39, 0.29) is 34.1 Å². The van der Waals surface area contributed by atoms with Crippen LogP contribution >= 0.6 is 11.3 Å². The summed E-state index contributed by atoms with van der Waals surface area (Å²) >= 11 is 1.09.